The number of imidazole rings is 1. The van der Waals surface area contributed by atoms with Gasteiger partial charge in [-0.25, -0.2) is 9.78 Å². The molecule has 3 aromatic rings. The standard InChI is InChI=1S/C21H25N3O4Si/c1-29(2,3)11-10-28-14-24-13-19(21(26)27)23-20(24)16-6-9-18(22-12-16)15-4-7-17(25)8-5-15/h4-9,12-13,25H,10-11,14H2,1-3H3,(H,26,27). The van der Waals surface area contributed by atoms with Gasteiger partial charge in [-0.2, -0.15) is 0 Å². The second-order valence-corrected chi connectivity index (χ2v) is 13.7. The van der Waals surface area contributed by atoms with Crippen molar-refractivity contribution in [1.82, 2.24) is 14.5 Å². The van der Waals surface area contributed by atoms with E-state index in [-0.39, 0.29) is 18.2 Å². The maximum Gasteiger partial charge on any atom is 0.356 e. The fourth-order valence-electron chi connectivity index (χ4n) is 2.72. The summed E-state index contributed by atoms with van der Waals surface area (Å²) in [5.74, 6) is -0.386. The van der Waals surface area contributed by atoms with Crippen molar-refractivity contribution in [2.75, 3.05) is 6.61 Å². The van der Waals surface area contributed by atoms with E-state index in [9.17, 15) is 15.0 Å². The number of rotatable bonds is 8. The zero-order chi connectivity index (χ0) is 21.0. The number of phenols is 1. The summed E-state index contributed by atoms with van der Waals surface area (Å²) >= 11 is 0. The number of carboxylic acids is 1. The van der Waals surface area contributed by atoms with E-state index >= 15 is 0 Å². The molecule has 0 unspecified atom stereocenters. The number of benzene rings is 1. The number of ether oxygens (including phenoxy) is 1. The molecule has 0 atom stereocenters. The fourth-order valence-corrected chi connectivity index (χ4v) is 3.47. The first-order valence-electron chi connectivity index (χ1n) is 9.37. The van der Waals surface area contributed by atoms with Crippen LogP contribution in [0.1, 0.15) is 10.5 Å². The smallest absolute Gasteiger partial charge is 0.356 e. The average Bonchev–Trinajstić information content (AvgIpc) is 3.10. The van der Waals surface area contributed by atoms with Crippen LogP contribution in [-0.4, -0.2) is 45.4 Å². The lowest BCUT2D eigenvalue weighted by Gasteiger charge is -2.16. The minimum atomic E-state index is -1.20. The quantitative estimate of drug-likeness (QED) is 0.423. The third-order valence-electron chi connectivity index (χ3n) is 4.41. The molecule has 1 aromatic carbocycles. The number of hydrogen-bond donors (Lipinski definition) is 2. The van der Waals surface area contributed by atoms with Crippen LogP contribution in [0.15, 0.2) is 48.8 Å². The molecule has 2 heterocycles. The third kappa shape index (κ3) is 5.52. The Morgan fingerprint density at radius 2 is 1.79 bits per heavy atom. The predicted molar refractivity (Wildman–Crippen MR) is 114 cm³/mol. The molecule has 0 aliphatic carbocycles. The van der Waals surface area contributed by atoms with Crippen molar-refractivity contribution in [3.05, 3.63) is 54.5 Å². The van der Waals surface area contributed by atoms with Gasteiger partial charge in [-0.3, -0.25) is 4.98 Å². The van der Waals surface area contributed by atoms with E-state index in [1.807, 2.05) is 12.1 Å². The first-order valence-corrected chi connectivity index (χ1v) is 13.1. The van der Waals surface area contributed by atoms with Gasteiger partial charge in [-0.05, 0) is 42.4 Å². The van der Waals surface area contributed by atoms with Crippen molar-refractivity contribution >= 4 is 14.0 Å². The summed E-state index contributed by atoms with van der Waals surface area (Å²) in [6.45, 7) is 7.71. The number of phenolic OH excluding ortho intramolecular Hbond substituents is 1. The molecule has 0 spiro atoms. The minimum absolute atomic E-state index is 0.0311. The first-order chi connectivity index (χ1) is 13.7. The van der Waals surface area contributed by atoms with Crippen LogP contribution in [0, 0.1) is 0 Å². The maximum absolute atomic E-state index is 11.4. The van der Waals surface area contributed by atoms with E-state index in [0.717, 1.165) is 17.3 Å². The molecule has 2 aromatic heterocycles. The molecule has 2 N–H and O–H groups in total. The van der Waals surface area contributed by atoms with Crippen molar-refractivity contribution in [3.8, 4) is 28.4 Å². The molecule has 0 aliphatic rings. The fraction of sp³-hybridized carbons (Fsp3) is 0.286. The molecular weight excluding hydrogens is 386 g/mol. The Morgan fingerprint density at radius 3 is 2.38 bits per heavy atom. The van der Waals surface area contributed by atoms with Gasteiger partial charge in [0.15, 0.2) is 5.69 Å². The lowest BCUT2D eigenvalue weighted by molar-refractivity contribution is 0.0689. The van der Waals surface area contributed by atoms with Crippen LogP contribution >= 0.6 is 0 Å². The zero-order valence-corrected chi connectivity index (χ0v) is 17.8. The van der Waals surface area contributed by atoms with Crippen LogP contribution in [0.2, 0.25) is 25.7 Å². The van der Waals surface area contributed by atoms with E-state index in [0.29, 0.717) is 18.0 Å². The molecule has 0 saturated heterocycles. The predicted octanol–water partition coefficient (Wildman–Crippen LogP) is 4.33. The van der Waals surface area contributed by atoms with Gasteiger partial charge >= 0.3 is 5.97 Å². The molecule has 0 aliphatic heterocycles. The minimum Gasteiger partial charge on any atom is -0.508 e. The highest BCUT2D eigenvalue weighted by molar-refractivity contribution is 6.76. The summed E-state index contributed by atoms with van der Waals surface area (Å²) in [5.41, 5.74) is 2.29. The van der Waals surface area contributed by atoms with Gasteiger partial charge in [-0.15, -0.1) is 0 Å². The largest absolute Gasteiger partial charge is 0.508 e. The monoisotopic (exact) mass is 411 g/mol. The number of carbonyl (C=O) groups is 1. The second-order valence-electron chi connectivity index (χ2n) is 8.05. The molecule has 152 valence electrons. The van der Waals surface area contributed by atoms with Crippen molar-refractivity contribution in [2.45, 2.75) is 32.4 Å². The Hall–Kier alpha value is -2.97. The lowest BCUT2D eigenvalue weighted by Crippen LogP contribution is -2.22. The van der Waals surface area contributed by atoms with Crippen LogP contribution in [-0.2, 0) is 11.5 Å². The number of carboxylic acid groups (broad SMARTS) is 1. The van der Waals surface area contributed by atoms with Crippen molar-refractivity contribution in [2.24, 2.45) is 0 Å². The molecule has 7 nitrogen and oxygen atoms in total. The molecule has 0 bridgehead atoms. The first kappa shape index (κ1) is 20.8. The van der Waals surface area contributed by atoms with Gasteiger partial charge in [0.2, 0.25) is 0 Å². The van der Waals surface area contributed by atoms with Crippen LogP contribution < -0.4 is 0 Å². The Balaban J connectivity index is 1.81. The zero-order valence-electron chi connectivity index (χ0n) is 16.8. The number of nitrogens with zero attached hydrogens (tertiary/aromatic N) is 3. The molecular formula is C21H25N3O4Si. The average molecular weight is 412 g/mol. The van der Waals surface area contributed by atoms with Crippen molar-refractivity contribution in [1.29, 1.82) is 0 Å². The highest BCUT2D eigenvalue weighted by Crippen LogP contribution is 2.24. The number of pyridine rings is 1. The third-order valence-corrected chi connectivity index (χ3v) is 6.11. The van der Waals surface area contributed by atoms with Gasteiger partial charge in [0, 0.05) is 38.2 Å². The van der Waals surface area contributed by atoms with Crippen LogP contribution in [0.5, 0.6) is 5.75 Å². The molecule has 3 rings (SSSR count). The van der Waals surface area contributed by atoms with E-state index in [2.05, 4.69) is 29.6 Å². The van der Waals surface area contributed by atoms with E-state index in [1.54, 1.807) is 35.0 Å². The van der Waals surface area contributed by atoms with Gasteiger partial charge in [0.05, 0.1) is 5.69 Å². The number of aromatic nitrogens is 3. The molecule has 8 heteroatoms. The molecule has 0 saturated carbocycles. The number of aromatic hydroxyl groups is 1. The number of aromatic carboxylic acids is 1. The van der Waals surface area contributed by atoms with Crippen LogP contribution in [0.25, 0.3) is 22.6 Å². The number of hydrogen-bond acceptors (Lipinski definition) is 5. The summed E-state index contributed by atoms with van der Waals surface area (Å²) < 4.78 is 7.48. The normalized spacial score (nSPS) is 11.6. The van der Waals surface area contributed by atoms with Gasteiger partial charge in [-0.1, -0.05) is 19.6 Å². The summed E-state index contributed by atoms with van der Waals surface area (Å²) in [6.07, 6.45) is 3.15. The highest BCUT2D eigenvalue weighted by Gasteiger charge is 2.16. The van der Waals surface area contributed by atoms with Gasteiger partial charge in [0.1, 0.15) is 18.3 Å². The van der Waals surface area contributed by atoms with E-state index < -0.39 is 14.0 Å². The lowest BCUT2D eigenvalue weighted by atomic mass is 10.1. The highest BCUT2D eigenvalue weighted by atomic mass is 28.3. The Bertz CT molecular complexity index is 977. The SMILES string of the molecule is C[Si](C)(C)CCOCn1cc(C(=O)O)nc1-c1ccc(-c2ccc(O)cc2)nc1. The van der Waals surface area contributed by atoms with Crippen molar-refractivity contribution in [3.63, 3.8) is 0 Å². The summed E-state index contributed by atoms with van der Waals surface area (Å²) in [5, 5.41) is 18.7. The summed E-state index contributed by atoms with van der Waals surface area (Å²) in [7, 11) is -1.20. The topological polar surface area (TPSA) is 97.5 Å². The maximum atomic E-state index is 11.4. The van der Waals surface area contributed by atoms with Gasteiger partial charge < -0.3 is 19.5 Å². The summed E-state index contributed by atoms with van der Waals surface area (Å²) in [4.78, 5) is 20.1. The van der Waals surface area contributed by atoms with E-state index in [1.165, 1.54) is 6.20 Å². The summed E-state index contributed by atoms with van der Waals surface area (Å²) in [6, 6.07) is 11.5. The Kier molecular flexibility index (Phi) is 6.14. The van der Waals surface area contributed by atoms with Crippen LogP contribution in [0.4, 0.5) is 0 Å². The van der Waals surface area contributed by atoms with E-state index in [4.69, 9.17) is 4.74 Å². The van der Waals surface area contributed by atoms with Crippen LogP contribution in [0.3, 0.4) is 0 Å². The van der Waals surface area contributed by atoms with Gasteiger partial charge in [0.25, 0.3) is 0 Å². The van der Waals surface area contributed by atoms with Crippen molar-refractivity contribution < 1.29 is 19.7 Å². The second kappa shape index (κ2) is 8.58. The Labute approximate surface area is 170 Å². The molecule has 29 heavy (non-hydrogen) atoms. The molecule has 0 radical (unpaired) electrons. The molecule has 0 amide bonds. The Morgan fingerprint density at radius 1 is 1.10 bits per heavy atom. The molecule has 0 fully saturated rings.